The van der Waals surface area contributed by atoms with E-state index < -0.39 is 0 Å². The Bertz CT molecular complexity index is 231. The van der Waals surface area contributed by atoms with Gasteiger partial charge in [-0.05, 0) is 36.9 Å². The molecular weight excluding hydrogens is 204 g/mol. The molecule has 1 spiro atoms. The van der Waals surface area contributed by atoms with E-state index in [9.17, 15) is 4.79 Å². The van der Waals surface area contributed by atoms with E-state index in [4.69, 9.17) is 0 Å². The van der Waals surface area contributed by atoms with Gasteiger partial charge in [-0.3, -0.25) is 4.79 Å². The average molecular weight is 226 g/mol. The molecule has 2 heteroatoms. The van der Waals surface area contributed by atoms with E-state index in [1.54, 1.807) is 0 Å². The highest BCUT2D eigenvalue weighted by Crippen LogP contribution is 2.52. The first-order chi connectivity index (χ1) is 7.27. The van der Waals surface area contributed by atoms with Crippen molar-refractivity contribution in [2.45, 2.75) is 63.5 Å². The van der Waals surface area contributed by atoms with Gasteiger partial charge in [-0.15, -0.1) is 0 Å². The van der Waals surface area contributed by atoms with Crippen LogP contribution < -0.4 is 0 Å². The van der Waals surface area contributed by atoms with Crippen LogP contribution in [0.5, 0.6) is 0 Å². The second-order valence-electron chi connectivity index (χ2n) is 5.17. The molecule has 0 radical (unpaired) electrons. The summed E-state index contributed by atoms with van der Waals surface area (Å²) in [4.78, 5) is 11.6. The largest absolute Gasteiger partial charge is 0.300 e. The average Bonchev–Trinajstić information content (AvgIpc) is 2.70. The Kier molecular flexibility index (Phi) is 3.76. The first kappa shape index (κ1) is 11.5. The molecule has 0 saturated heterocycles. The third-order valence-electron chi connectivity index (χ3n) is 4.12. The minimum atomic E-state index is 0.515. The quantitative estimate of drug-likeness (QED) is 0.728. The second kappa shape index (κ2) is 4.90. The number of hydrogen-bond acceptors (Lipinski definition) is 2. The molecule has 0 aromatic heterocycles. The molecule has 0 aromatic carbocycles. The summed E-state index contributed by atoms with van der Waals surface area (Å²) in [5, 5.41) is 0.654. The predicted molar refractivity (Wildman–Crippen MR) is 66.3 cm³/mol. The standard InChI is InChI=1S/C13H22OS/c1-2-9-15-12-10-11(14)5-8-13(12)6-3-4-7-13/h12H,2-10H2,1H3. The van der Waals surface area contributed by atoms with Crippen molar-refractivity contribution in [1.29, 1.82) is 0 Å². The van der Waals surface area contributed by atoms with E-state index in [0.29, 0.717) is 16.4 Å². The zero-order valence-electron chi connectivity index (χ0n) is 9.76. The molecule has 0 aromatic rings. The fraction of sp³-hybridized carbons (Fsp3) is 0.923. The Morgan fingerprint density at radius 3 is 2.73 bits per heavy atom. The normalized spacial score (nSPS) is 29.9. The van der Waals surface area contributed by atoms with Gasteiger partial charge in [0.1, 0.15) is 5.78 Å². The highest BCUT2D eigenvalue weighted by molar-refractivity contribution is 7.99. The first-order valence-corrected chi connectivity index (χ1v) is 7.45. The Hall–Kier alpha value is 0.0200. The SMILES string of the molecule is CCCSC1CC(=O)CCC12CCCC2. The van der Waals surface area contributed by atoms with Crippen molar-refractivity contribution < 1.29 is 4.79 Å². The maximum absolute atomic E-state index is 11.6. The lowest BCUT2D eigenvalue weighted by Gasteiger charge is -2.40. The van der Waals surface area contributed by atoms with Gasteiger partial charge < -0.3 is 0 Å². The summed E-state index contributed by atoms with van der Waals surface area (Å²) in [6.07, 6.45) is 9.74. The first-order valence-electron chi connectivity index (χ1n) is 6.40. The van der Waals surface area contributed by atoms with Crippen molar-refractivity contribution in [1.82, 2.24) is 0 Å². The molecule has 2 fully saturated rings. The molecule has 0 bridgehead atoms. The van der Waals surface area contributed by atoms with Crippen LogP contribution in [-0.4, -0.2) is 16.8 Å². The third-order valence-corrected chi connectivity index (χ3v) is 5.83. The Morgan fingerprint density at radius 2 is 2.07 bits per heavy atom. The maximum Gasteiger partial charge on any atom is 0.134 e. The molecular formula is C13H22OS. The second-order valence-corrected chi connectivity index (χ2v) is 6.48. The summed E-state index contributed by atoms with van der Waals surface area (Å²) >= 11 is 2.08. The lowest BCUT2D eigenvalue weighted by molar-refractivity contribution is -0.122. The zero-order valence-corrected chi connectivity index (χ0v) is 10.6. The van der Waals surface area contributed by atoms with Crippen LogP contribution in [0.4, 0.5) is 0 Å². The highest BCUT2D eigenvalue weighted by Gasteiger charge is 2.44. The van der Waals surface area contributed by atoms with Gasteiger partial charge in [-0.1, -0.05) is 19.8 Å². The summed E-state index contributed by atoms with van der Waals surface area (Å²) in [5.41, 5.74) is 0.563. The van der Waals surface area contributed by atoms with E-state index >= 15 is 0 Å². The van der Waals surface area contributed by atoms with E-state index in [2.05, 4.69) is 18.7 Å². The molecule has 0 heterocycles. The predicted octanol–water partition coefficient (Wildman–Crippen LogP) is 3.81. The van der Waals surface area contributed by atoms with Gasteiger partial charge in [0, 0.05) is 18.1 Å². The van der Waals surface area contributed by atoms with Crippen molar-refractivity contribution in [3.8, 4) is 0 Å². The van der Waals surface area contributed by atoms with Crippen LogP contribution in [0.25, 0.3) is 0 Å². The zero-order chi connectivity index (χ0) is 10.7. The number of Topliss-reactive ketones (excluding diaryl/α,β-unsaturated/α-hetero) is 1. The Labute approximate surface area is 97.4 Å². The Balaban J connectivity index is 2.02. The minimum absolute atomic E-state index is 0.515. The molecule has 1 nitrogen and oxygen atoms in total. The number of thioether (sulfide) groups is 1. The lowest BCUT2D eigenvalue weighted by Crippen LogP contribution is -2.37. The fourth-order valence-electron chi connectivity index (χ4n) is 3.22. The monoisotopic (exact) mass is 226 g/mol. The minimum Gasteiger partial charge on any atom is -0.300 e. The molecule has 86 valence electrons. The van der Waals surface area contributed by atoms with E-state index in [1.807, 2.05) is 0 Å². The van der Waals surface area contributed by atoms with E-state index in [0.717, 1.165) is 12.8 Å². The molecule has 0 N–H and O–H groups in total. The van der Waals surface area contributed by atoms with Gasteiger partial charge in [-0.2, -0.15) is 11.8 Å². The van der Waals surface area contributed by atoms with Crippen LogP contribution in [-0.2, 0) is 4.79 Å². The smallest absolute Gasteiger partial charge is 0.134 e. The molecule has 2 aliphatic rings. The molecule has 2 aliphatic carbocycles. The molecule has 2 saturated carbocycles. The highest BCUT2D eigenvalue weighted by atomic mass is 32.2. The summed E-state index contributed by atoms with van der Waals surface area (Å²) in [7, 11) is 0. The van der Waals surface area contributed by atoms with Gasteiger partial charge in [0.15, 0.2) is 0 Å². The molecule has 1 atom stereocenters. The van der Waals surface area contributed by atoms with Crippen molar-refractivity contribution in [3.63, 3.8) is 0 Å². The van der Waals surface area contributed by atoms with Crippen molar-refractivity contribution in [2.75, 3.05) is 5.75 Å². The summed E-state index contributed by atoms with van der Waals surface area (Å²) in [5.74, 6) is 1.75. The number of rotatable bonds is 3. The van der Waals surface area contributed by atoms with Crippen LogP contribution in [0.3, 0.4) is 0 Å². The van der Waals surface area contributed by atoms with Gasteiger partial charge in [0.05, 0.1) is 0 Å². The van der Waals surface area contributed by atoms with Crippen molar-refractivity contribution in [2.24, 2.45) is 5.41 Å². The van der Waals surface area contributed by atoms with Gasteiger partial charge in [0.25, 0.3) is 0 Å². The third kappa shape index (κ3) is 2.41. The topological polar surface area (TPSA) is 17.1 Å². The molecule has 15 heavy (non-hydrogen) atoms. The molecule has 1 unspecified atom stereocenters. The van der Waals surface area contributed by atoms with Gasteiger partial charge >= 0.3 is 0 Å². The van der Waals surface area contributed by atoms with Crippen molar-refractivity contribution in [3.05, 3.63) is 0 Å². The van der Waals surface area contributed by atoms with E-state index in [1.165, 1.54) is 44.3 Å². The molecule has 0 amide bonds. The van der Waals surface area contributed by atoms with Crippen LogP contribution in [0, 0.1) is 5.41 Å². The maximum atomic E-state index is 11.6. The Morgan fingerprint density at radius 1 is 1.33 bits per heavy atom. The van der Waals surface area contributed by atoms with Crippen LogP contribution in [0.2, 0.25) is 0 Å². The van der Waals surface area contributed by atoms with Crippen LogP contribution in [0.1, 0.15) is 58.3 Å². The summed E-state index contributed by atoms with van der Waals surface area (Å²) in [6.45, 7) is 2.24. The molecule has 2 rings (SSSR count). The summed E-state index contributed by atoms with van der Waals surface area (Å²) in [6, 6.07) is 0. The lowest BCUT2D eigenvalue weighted by atomic mass is 9.72. The van der Waals surface area contributed by atoms with Gasteiger partial charge in [0.2, 0.25) is 0 Å². The summed E-state index contributed by atoms with van der Waals surface area (Å²) < 4.78 is 0. The van der Waals surface area contributed by atoms with Crippen molar-refractivity contribution >= 4 is 17.5 Å². The number of hydrogen-bond donors (Lipinski definition) is 0. The van der Waals surface area contributed by atoms with Crippen LogP contribution in [0.15, 0.2) is 0 Å². The van der Waals surface area contributed by atoms with E-state index in [-0.39, 0.29) is 0 Å². The van der Waals surface area contributed by atoms with Gasteiger partial charge in [-0.25, -0.2) is 0 Å². The fourth-order valence-corrected chi connectivity index (χ4v) is 4.75. The number of carbonyl (C=O) groups excluding carboxylic acids is 1. The van der Waals surface area contributed by atoms with Crippen LogP contribution >= 0.6 is 11.8 Å². The number of carbonyl (C=O) groups is 1. The molecule has 0 aliphatic heterocycles. The number of ketones is 1.